The monoisotopic (exact) mass is 374 g/mol. The molecule has 1 amide bonds. The first-order valence-corrected chi connectivity index (χ1v) is 7.63. The van der Waals surface area contributed by atoms with E-state index in [2.05, 4.69) is 5.32 Å². The predicted octanol–water partition coefficient (Wildman–Crippen LogP) is 4.57. The van der Waals surface area contributed by atoms with E-state index in [0.29, 0.717) is 5.56 Å². The molecule has 0 unspecified atom stereocenters. The van der Waals surface area contributed by atoms with Crippen LogP contribution in [0.3, 0.4) is 0 Å². The molecule has 0 aliphatic carbocycles. The number of carbonyl (C=O) groups excluding carboxylic acids is 1. The molecule has 0 saturated carbocycles. The van der Waals surface area contributed by atoms with Crippen molar-refractivity contribution in [3.63, 3.8) is 0 Å². The highest BCUT2D eigenvalue weighted by Crippen LogP contribution is 2.36. The Bertz CT molecular complexity index is 765. The van der Waals surface area contributed by atoms with Crippen molar-refractivity contribution >= 4 is 23.2 Å². The van der Waals surface area contributed by atoms with Crippen molar-refractivity contribution < 1.29 is 22.4 Å². The van der Waals surface area contributed by atoms with E-state index in [9.17, 15) is 22.4 Å². The van der Waals surface area contributed by atoms with Gasteiger partial charge in [-0.25, -0.2) is 4.39 Å². The van der Waals surface area contributed by atoms with Crippen molar-refractivity contribution in [1.82, 2.24) is 4.90 Å². The van der Waals surface area contributed by atoms with E-state index in [-0.39, 0.29) is 23.8 Å². The third-order valence-corrected chi connectivity index (χ3v) is 3.61. The Labute approximate surface area is 147 Å². The highest BCUT2D eigenvalue weighted by atomic mass is 35.5. The largest absolute Gasteiger partial charge is 0.418 e. The summed E-state index contributed by atoms with van der Waals surface area (Å²) in [6.07, 6.45) is -4.65. The number of anilines is 1. The molecule has 0 saturated heterocycles. The molecule has 3 nitrogen and oxygen atoms in total. The number of rotatable bonds is 5. The predicted molar refractivity (Wildman–Crippen MR) is 87.8 cm³/mol. The van der Waals surface area contributed by atoms with Gasteiger partial charge < -0.3 is 5.32 Å². The average Bonchev–Trinajstić information content (AvgIpc) is 2.50. The van der Waals surface area contributed by atoms with Gasteiger partial charge in [-0.05, 0) is 31.3 Å². The second kappa shape index (κ2) is 7.84. The first-order chi connectivity index (χ1) is 11.7. The van der Waals surface area contributed by atoms with Gasteiger partial charge in [-0.1, -0.05) is 29.8 Å². The molecular weight excluding hydrogens is 360 g/mol. The maximum absolute atomic E-state index is 13.6. The van der Waals surface area contributed by atoms with Crippen molar-refractivity contribution in [2.24, 2.45) is 0 Å². The van der Waals surface area contributed by atoms with Crippen LogP contribution >= 0.6 is 11.6 Å². The molecule has 25 heavy (non-hydrogen) atoms. The molecule has 2 rings (SSSR count). The first-order valence-electron chi connectivity index (χ1n) is 7.25. The molecule has 0 aromatic heterocycles. The van der Waals surface area contributed by atoms with Gasteiger partial charge in [-0.3, -0.25) is 9.69 Å². The first kappa shape index (κ1) is 19.2. The average molecular weight is 375 g/mol. The van der Waals surface area contributed by atoms with Crippen LogP contribution in [0.1, 0.15) is 11.1 Å². The van der Waals surface area contributed by atoms with Gasteiger partial charge in [-0.15, -0.1) is 0 Å². The zero-order valence-corrected chi connectivity index (χ0v) is 14.0. The fourth-order valence-electron chi connectivity index (χ4n) is 2.27. The van der Waals surface area contributed by atoms with Crippen LogP contribution in [0.15, 0.2) is 42.5 Å². The van der Waals surface area contributed by atoms with Crippen molar-refractivity contribution in [3.05, 3.63) is 64.4 Å². The number of amides is 1. The standard InChI is InChI=1S/C17H15ClF4N2O/c1-24(9-11-4-2-3-5-14(11)19)10-16(25)23-15-7-6-12(18)8-13(15)17(20,21)22/h2-8H,9-10H2,1H3,(H,23,25). The van der Waals surface area contributed by atoms with Gasteiger partial charge in [0.15, 0.2) is 0 Å². The summed E-state index contributed by atoms with van der Waals surface area (Å²) in [6, 6.07) is 9.19. The number of alkyl halides is 3. The number of nitrogens with zero attached hydrogens (tertiary/aromatic N) is 1. The minimum atomic E-state index is -4.65. The van der Waals surface area contributed by atoms with Crippen LogP contribution in [0.2, 0.25) is 5.02 Å². The highest BCUT2D eigenvalue weighted by Gasteiger charge is 2.34. The molecule has 134 valence electrons. The molecule has 8 heteroatoms. The molecule has 0 atom stereocenters. The van der Waals surface area contributed by atoms with E-state index in [0.717, 1.165) is 12.1 Å². The Balaban J connectivity index is 2.04. The minimum Gasteiger partial charge on any atom is -0.324 e. The van der Waals surface area contributed by atoms with Crippen molar-refractivity contribution in [2.75, 3.05) is 18.9 Å². The van der Waals surface area contributed by atoms with Gasteiger partial charge in [-0.2, -0.15) is 13.2 Å². The third kappa shape index (κ3) is 5.44. The Morgan fingerprint density at radius 2 is 1.88 bits per heavy atom. The summed E-state index contributed by atoms with van der Waals surface area (Å²) in [6.45, 7) is -0.0545. The highest BCUT2D eigenvalue weighted by molar-refractivity contribution is 6.30. The molecule has 2 aromatic rings. The lowest BCUT2D eigenvalue weighted by atomic mass is 10.1. The molecule has 0 spiro atoms. The smallest absolute Gasteiger partial charge is 0.324 e. The molecule has 0 fully saturated rings. The Kier molecular flexibility index (Phi) is 6.02. The number of hydrogen-bond acceptors (Lipinski definition) is 2. The Hall–Kier alpha value is -2.12. The number of benzene rings is 2. The number of carbonyl (C=O) groups is 1. The second-order valence-corrected chi connectivity index (χ2v) is 5.94. The van der Waals surface area contributed by atoms with E-state index < -0.39 is 23.5 Å². The van der Waals surface area contributed by atoms with Gasteiger partial charge in [0, 0.05) is 17.1 Å². The third-order valence-electron chi connectivity index (χ3n) is 3.37. The molecule has 0 aliphatic rings. The van der Waals surface area contributed by atoms with Gasteiger partial charge in [0.25, 0.3) is 0 Å². The van der Waals surface area contributed by atoms with Crippen LogP contribution in [0, 0.1) is 5.82 Å². The zero-order valence-electron chi connectivity index (χ0n) is 13.2. The number of likely N-dealkylation sites (N-methyl/N-ethyl adjacent to an activating group) is 1. The van der Waals surface area contributed by atoms with Crippen LogP contribution in [0.5, 0.6) is 0 Å². The molecule has 0 heterocycles. The molecule has 2 aromatic carbocycles. The fraction of sp³-hybridized carbons (Fsp3) is 0.235. The van der Waals surface area contributed by atoms with Gasteiger partial charge >= 0.3 is 6.18 Å². The molecule has 0 bridgehead atoms. The van der Waals surface area contributed by atoms with Crippen LogP contribution in [0.4, 0.5) is 23.2 Å². The molecular formula is C17H15ClF4N2O. The second-order valence-electron chi connectivity index (χ2n) is 5.50. The summed E-state index contributed by atoms with van der Waals surface area (Å²) < 4.78 is 52.6. The van der Waals surface area contributed by atoms with Crippen LogP contribution in [-0.4, -0.2) is 24.4 Å². The maximum Gasteiger partial charge on any atom is 0.418 e. The van der Waals surface area contributed by atoms with Gasteiger partial charge in [0.2, 0.25) is 5.91 Å². The van der Waals surface area contributed by atoms with Crippen molar-refractivity contribution in [2.45, 2.75) is 12.7 Å². The fourth-order valence-corrected chi connectivity index (χ4v) is 2.44. The number of hydrogen-bond donors (Lipinski definition) is 1. The molecule has 0 radical (unpaired) electrons. The van der Waals surface area contributed by atoms with Gasteiger partial charge in [0.1, 0.15) is 5.82 Å². The summed E-state index contributed by atoms with van der Waals surface area (Å²) >= 11 is 5.59. The van der Waals surface area contributed by atoms with E-state index in [1.165, 1.54) is 17.0 Å². The van der Waals surface area contributed by atoms with E-state index in [1.807, 2.05) is 0 Å². The summed E-state index contributed by atoms with van der Waals surface area (Å²) in [5.41, 5.74) is -1.01. The van der Waals surface area contributed by atoms with Crippen LogP contribution in [-0.2, 0) is 17.5 Å². The summed E-state index contributed by atoms with van der Waals surface area (Å²) in [7, 11) is 1.57. The Morgan fingerprint density at radius 3 is 2.52 bits per heavy atom. The topological polar surface area (TPSA) is 32.3 Å². The van der Waals surface area contributed by atoms with Crippen molar-refractivity contribution in [1.29, 1.82) is 0 Å². The lowest BCUT2D eigenvalue weighted by Gasteiger charge is -2.18. The van der Waals surface area contributed by atoms with E-state index in [1.54, 1.807) is 25.2 Å². The minimum absolute atomic E-state index is 0.0815. The van der Waals surface area contributed by atoms with E-state index in [4.69, 9.17) is 11.6 Å². The summed E-state index contributed by atoms with van der Waals surface area (Å²) in [4.78, 5) is 13.5. The van der Waals surface area contributed by atoms with Crippen molar-refractivity contribution in [3.8, 4) is 0 Å². The summed E-state index contributed by atoms with van der Waals surface area (Å²) in [5.74, 6) is -1.06. The van der Waals surface area contributed by atoms with Gasteiger partial charge in [0.05, 0.1) is 17.8 Å². The van der Waals surface area contributed by atoms with Crippen LogP contribution in [0.25, 0.3) is 0 Å². The zero-order chi connectivity index (χ0) is 18.6. The van der Waals surface area contributed by atoms with Crippen LogP contribution < -0.4 is 5.32 Å². The molecule has 0 aliphatic heterocycles. The normalized spacial score (nSPS) is 11.6. The van der Waals surface area contributed by atoms with E-state index >= 15 is 0 Å². The Morgan fingerprint density at radius 1 is 1.20 bits per heavy atom. The quantitative estimate of drug-likeness (QED) is 0.778. The maximum atomic E-state index is 13.6. The lowest BCUT2D eigenvalue weighted by Crippen LogP contribution is -2.30. The summed E-state index contributed by atoms with van der Waals surface area (Å²) in [5, 5.41) is 2.14. The SMILES string of the molecule is CN(CC(=O)Nc1ccc(Cl)cc1C(F)(F)F)Cc1ccccc1F. The molecule has 1 N–H and O–H groups in total. The number of halogens is 5. The lowest BCUT2D eigenvalue weighted by molar-refractivity contribution is -0.137. The number of nitrogens with one attached hydrogen (secondary N) is 1.